The summed E-state index contributed by atoms with van der Waals surface area (Å²) < 4.78 is 2.05. The van der Waals surface area contributed by atoms with Crippen molar-refractivity contribution in [3.05, 3.63) is 102 Å². The Hall–Kier alpha value is -3.12. The number of aromatic nitrogens is 3. The number of fused-ring (bicyclic) bond motifs is 1. The SMILES string of the molecule is O=C(CSC(c1ccccc1)c1ccccc1)N1CCC[C@H](c2nnc3ccccn23)C1. The molecule has 0 aliphatic carbocycles. The van der Waals surface area contributed by atoms with E-state index in [0.717, 1.165) is 30.9 Å². The van der Waals surface area contributed by atoms with E-state index in [9.17, 15) is 4.79 Å². The molecule has 162 valence electrons. The topological polar surface area (TPSA) is 50.5 Å². The van der Waals surface area contributed by atoms with E-state index in [1.165, 1.54) is 11.1 Å². The number of amides is 1. The number of carbonyl (C=O) groups excluding carboxylic acids is 1. The van der Waals surface area contributed by atoms with Crippen molar-refractivity contribution in [2.24, 2.45) is 0 Å². The Bertz CT molecular complexity index is 1140. The van der Waals surface area contributed by atoms with Gasteiger partial charge in [0, 0.05) is 25.2 Å². The molecule has 6 heteroatoms. The molecule has 4 aromatic rings. The molecular weight excluding hydrogens is 416 g/mol. The number of rotatable bonds is 6. The van der Waals surface area contributed by atoms with Crippen LogP contribution in [0.5, 0.6) is 0 Å². The van der Waals surface area contributed by atoms with E-state index in [1.807, 2.05) is 45.8 Å². The molecule has 2 aromatic heterocycles. The minimum Gasteiger partial charge on any atom is -0.341 e. The summed E-state index contributed by atoms with van der Waals surface area (Å²) in [4.78, 5) is 15.2. The number of likely N-dealkylation sites (tertiary alicyclic amines) is 1. The number of benzene rings is 2. The molecule has 1 amide bonds. The maximum absolute atomic E-state index is 13.2. The van der Waals surface area contributed by atoms with Gasteiger partial charge in [0.15, 0.2) is 5.65 Å². The number of hydrogen-bond donors (Lipinski definition) is 0. The first kappa shape index (κ1) is 20.8. The first-order chi connectivity index (χ1) is 15.8. The fourth-order valence-corrected chi connectivity index (χ4v) is 5.63. The van der Waals surface area contributed by atoms with Gasteiger partial charge in [0.25, 0.3) is 0 Å². The van der Waals surface area contributed by atoms with E-state index in [1.54, 1.807) is 11.8 Å². The molecule has 1 saturated heterocycles. The lowest BCUT2D eigenvalue weighted by molar-refractivity contribution is -0.129. The standard InChI is InChI=1S/C26H26N4OS/c31-24(19-32-25(20-10-3-1-4-11-20)21-12-5-2-6-13-21)29-16-9-14-22(18-29)26-28-27-23-15-7-8-17-30(23)26/h1-8,10-13,15,17,22,25H,9,14,16,18-19H2/t22-/m0/s1. The quantitative estimate of drug-likeness (QED) is 0.424. The summed E-state index contributed by atoms with van der Waals surface area (Å²) in [6.45, 7) is 1.52. The van der Waals surface area contributed by atoms with Crippen LogP contribution in [-0.4, -0.2) is 44.2 Å². The third-order valence-corrected chi connectivity index (χ3v) is 7.35. The minimum atomic E-state index is 0.141. The summed E-state index contributed by atoms with van der Waals surface area (Å²) in [5, 5.41) is 8.87. The Balaban J connectivity index is 1.28. The molecule has 1 aliphatic rings. The van der Waals surface area contributed by atoms with Crippen molar-refractivity contribution in [3.63, 3.8) is 0 Å². The molecule has 0 unspecified atom stereocenters. The van der Waals surface area contributed by atoms with Gasteiger partial charge in [-0.2, -0.15) is 0 Å². The zero-order valence-corrected chi connectivity index (χ0v) is 18.7. The summed E-state index contributed by atoms with van der Waals surface area (Å²) in [5.41, 5.74) is 3.31. The monoisotopic (exact) mass is 442 g/mol. The second-order valence-electron chi connectivity index (χ2n) is 8.18. The Kier molecular flexibility index (Phi) is 6.21. The van der Waals surface area contributed by atoms with Gasteiger partial charge in [0.2, 0.25) is 5.91 Å². The number of nitrogens with zero attached hydrogens (tertiary/aromatic N) is 4. The van der Waals surface area contributed by atoms with Crippen molar-refractivity contribution in [2.75, 3.05) is 18.8 Å². The van der Waals surface area contributed by atoms with Crippen LogP contribution < -0.4 is 0 Å². The zero-order chi connectivity index (χ0) is 21.8. The molecule has 0 radical (unpaired) electrons. The zero-order valence-electron chi connectivity index (χ0n) is 17.9. The van der Waals surface area contributed by atoms with Gasteiger partial charge in [-0.15, -0.1) is 22.0 Å². The first-order valence-electron chi connectivity index (χ1n) is 11.1. The highest BCUT2D eigenvalue weighted by Crippen LogP contribution is 2.36. The molecule has 1 aliphatic heterocycles. The van der Waals surface area contributed by atoms with E-state index in [-0.39, 0.29) is 17.1 Å². The van der Waals surface area contributed by atoms with Gasteiger partial charge in [0.05, 0.1) is 11.0 Å². The van der Waals surface area contributed by atoms with Crippen molar-refractivity contribution in [2.45, 2.75) is 24.0 Å². The normalized spacial score (nSPS) is 16.5. The smallest absolute Gasteiger partial charge is 0.232 e. The third kappa shape index (κ3) is 4.41. The lowest BCUT2D eigenvalue weighted by atomic mass is 9.97. The van der Waals surface area contributed by atoms with Crippen LogP contribution in [0.2, 0.25) is 0 Å². The van der Waals surface area contributed by atoms with Crippen molar-refractivity contribution >= 4 is 23.3 Å². The highest BCUT2D eigenvalue weighted by atomic mass is 32.2. The summed E-state index contributed by atoms with van der Waals surface area (Å²) in [5.74, 6) is 1.83. The number of carbonyl (C=O) groups is 1. The van der Waals surface area contributed by atoms with Crippen LogP contribution >= 0.6 is 11.8 Å². The average molecular weight is 443 g/mol. The largest absolute Gasteiger partial charge is 0.341 e. The number of thioether (sulfide) groups is 1. The summed E-state index contributed by atoms with van der Waals surface area (Å²) in [6.07, 6.45) is 4.03. The predicted molar refractivity (Wildman–Crippen MR) is 129 cm³/mol. The van der Waals surface area contributed by atoms with Crippen LogP contribution in [0.3, 0.4) is 0 Å². The maximum Gasteiger partial charge on any atom is 0.232 e. The molecule has 32 heavy (non-hydrogen) atoms. The van der Waals surface area contributed by atoms with Crippen molar-refractivity contribution in [3.8, 4) is 0 Å². The van der Waals surface area contributed by atoms with Crippen LogP contribution in [0.15, 0.2) is 85.1 Å². The van der Waals surface area contributed by atoms with Crippen molar-refractivity contribution < 1.29 is 4.79 Å². The summed E-state index contributed by atoms with van der Waals surface area (Å²) in [7, 11) is 0. The van der Waals surface area contributed by atoms with Gasteiger partial charge in [-0.3, -0.25) is 9.20 Å². The van der Waals surface area contributed by atoms with E-state index in [2.05, 4.69) is 58.7 Å². The van der Waals surface area contributed by atoms with Crippen LogP contribution in [-0.2, 0) is 4.79 Å². The van der Waals surface area contributed by atoms with Crippen LogP contribution in [0.1, 0.15) is 41.0 Å². The molecule has 5 rings (SSSR count). The molecule has 1 fully saturated rings. The lowest BCUT2D eigenvalue weighted by Gasteiger charge is -2.32. The highest BCUT2D eigenvalue weighted by molar-refractivity contribution is 8.00. The van der Waals surface area contributed by atoms with Gasteiger partial charge in [-0.1, -0.05) is 66.7 Å². The van der Waals surface area contributed by atoms with Gasteiger partial charge < -0.3 is 4.90 Å². The second-order valence-corrected chi connectivity index (χ2v) is 9.27. The summed E-state index contributed by atoms with van der Waals surface area (Å²) in [6, 6.07) is 26.8. The first-order valence-corrected chi connectivity index (χ1v) is 12.1. The predicted octanol–water partition coefficient (Wildman–Crippen LogP) is 4.96. The Morgan fingerprint density at radius 1 is 0.938 bits per heavy atom. The fourth-order valence-electron chi connectivity index (χ4n) is 4.44. The fraction of sp³-hybridized carbons (Fsp3) is 0.269. The van der Waals surface area contributed by atoms with Gasteiger partial charge >= 0.3 is 0 Å². The minimum absolute atomic E-state index is 0.141. The molecule has 1 atom stereocenters. The Labute approximate surface area is 192 Å². The molecular formula is C26H26N4OS. The van der Waals surface area contributed by atoms with Gasteiger partial charge in [-0.05, 0) is 36.1 Å². The van der Waals surface area contributed by atoms with E-state index in [4.69, 9.17) is 0 Å². The van der Waals surface area contributed by atoms with E-state index < -0.39 is 0 Å². The molecule has 0 bridgehead atoms. The van der Waals surface area contributed by atoms with Crippen LogP contribution in [0.25, 0.3) is 5.65 Å². The number of piperidine rings is 1. The molecule has 0 spiro atoms. The van der Waals surface area contributed by atoms with Crippen molar-refractivity contribution in [1.82, 2.24) is 19.5 Å². The molecule has 3 heterocycles. The average Bonchev–Trinajstić information content (AvgIpc) is 3.30. The Morgan fingerprint density at radius 2 is 1.62 bits per heavy atom. The molecule has 0 saturated carbocycles. The van der Waals surface area contributed by atoms with Gasteiger partial charge in [-0.25, -0.2) is 0 Å². The van der Waals surface area contributed by atoms with E-state index in [0.29, 0.717) is 12.3 Å². The number of pyridine rings is 1. The number of hydrogen-bond acceptors (Lipinski definition) is 4. The third-order valence-electron chi connectivity index (χ3n) is 6.06. The van der Waals surface area contributed by atoms with E-state index >= 15 is 0 Å². The molecule has 5 nitrogen and oxygen atoms in total. The van der Waals surface area contributed by atoms with Gasteiger partial charge in [0.1, 0.15) is 5.82 Å². The molecule has 2 aromatic carbocycles. The highest BCUT2D eigenvalue weighted by Gasteiger charge is 2.28. The molecule has 0 N–H and O–H groups in total. The van der Waals surface area contributed by atoms with Crippen molar-refractivity contribution in [1.29, 1.82) is 0 Å². The summed E-state index contributed by atoms with van der Waals surface area (Å²) >= 11 is 1.71. The Morgan fingerprint density at radius 3 is 2.34 bits per heavy atom. The maximum atomic E-state index is 13.2. The van der Waals surface area contributed by atoms with Crippen LogP contribution in [0, 0.1) is 0 Å². The van der Waals surface area contributed by atoms with Crippen LogP contribution in [0.4, 0.5) is 0 Å². The lowest BCUT2D eigenvalue weighted by Crippen LogP contribution is -2.40. The second kappa shape index (κ2) is 9.57.